The summed E-state index contributed by atoms with van der Waals surface area (Å²) in [7, 11) is 0. The zero-order valence-electron chi connectivity index (χ0n) is 16.6. The lowest BCUT2D eigenvalue weighted by Crippen LogP contribution is -2.27. The standard InChI is InChI=1S/C21H21Cl2N3O3S/c1-3-26(4-2)9-10-29-20(28)13-5-8-17-18(11-13)30-21(24-17)25-19(27)15-7-6-14(22)12-16(15)23/h5-8,11-12H,3-4,9-10H2,1-2H3,(H,24,25,27). The topological polar surface area (TPSA) is 71.5 Å². The molecule has 0 saturated carbocycles. The van der Waals surface area contributed by atoms with Gasteiger partial charge in [0, 0.05) is 11.6 Å². The van der Waals surface area contributed by atoms with E-state index in [-0.39, 0.29) is 16.9 Å². The van der Waals surface area contributed by atoms with E-state index in [1.54, 1.807) is 30.3 Å². The zero-order chi connectivity index (χ0) is 21.7. The third kappa shape index (κ3) is 5.49. The molecule has 3 rings (SSSR count). The Morgan fingerprint density at radius 3 is 2.60 bits per heavy atom. The van der Waals surface area contributed by atoms with Gasteiger partial charge >= 0.3 is 5.97 Å². The number of anilines is 1. The van der Waals surface area contributed by atoms with Crippen molar-refractivity contribution in [1.82, 2.24) is 9.88 Å². The van der Waals surface area contributed by atoms with Crippen LogP contribution >= 0.6 is 34.5 Å². The van der Waals surface area contributed by atoms with Gasteiger partial charge in [0.2, 0.25) is 0 Å². The molecule has 0 atom stereocenters. The summed E-state index contributed by atoms with van der Waals surface area (Å²) >= 11 is 13.2. The molecular formula is C21H21Cl2N3O3S. The molecule has 30 heavy (non-hydrogen) atoms. The van der Waals surface area contributed by atoms with Crippen LogP contribution in [0, 0.1) is 0 Å². The SMILES string of the molecule is CCN(CC)CCOC(=O)c1ccc2nc(NC(=O)c3ccc(Cl)cc3Cl)sc2c1. The van der Waals surface area contributed by atoms with Gasteiger partial charge in [-0.05, 0) is 49.5 Å². The number of benzene rings is 2. The lowest BCUT2D eigenvalue weighted by Gasteiger charge is -2.17. The molecule has 1 amide bonds. The van der Waals surface area contributed by atoms with E-state index in [4.69, 9.17) is 27.9 Å². The second kappa shape index (κ2) is 10.2. The van der Waals surface area contributed by atoms with E-state index >= 15 is 0 Å². The van der Waals surface area contributed by atoms with Gasteiger partial charge < -0.3 is 9.64 Å². The highest BCUT2D eigenvalue weighted by atomic mass is 35.5. The predicted octanol–water partition coefficient (Wildman–Crippen LogP) is 5.35. The number of halogens is 2. The molecule has 0 unspecified atom stereocenters. The number of nitrogens with one attached hydrogen (secondary N) is 1. The molecule has 1 aromatic heterocycles. The van der Waals surface area contributed by atoms with Crippen molar-refractivity contribution in [1.29, 1.82) is 0 Å². The Balaban J connectivity index is 1.68. The fourth-order valence-electron chi connectivity index (χ4n) is 2.83. The molecule has 6 nitrogen and oxygen atoms in total. The average molecular weight is 466 g/mol. The maximum Gasteiger partial charge on any atom is 0.338 e. The van der Waals surface area contributed by atoms with Gasteiger partial charge in [-0.1, -0.05) is 48.4 Å². The number of carbonyl (C=O) groups is 2. The summed E-state index contributed by atoms with van der Waals surface area (Å²) in [4.78, 5) is 31.4. The maximum absolute atomic E-state index is 12.5. The Labute approximate surface area is 188 Å². The number of fused-ring (bicyclic) bond motifs is 1. The minimum Gasteiger partial charge on any atom is -0.461 e. The van der Waals surface area contributed by atoms with Gasteiger partial charge in [-0.15, -0.1) is 0 Å². The van der Waals surface area contributed by atoms with E-state index in [0.717, 1.165) is 17.8 Å². The van der Waals surface area contributed by atoms with Gasteiger partial charge in [0.05, 0.1) is 26.4 Å². The van der Waals surface area contributed by atoms with Crippen molar-refractivity contribution < 1.29 is 14.3 Å². The van der Waals surface area contributed by atoms with Crippen molar-refractivity contribution in [2.45, 2.75) is 13.8 Å². The first-order valence-corrected chi connectivity index (χ1v) is 11.0. The van der Waals surface area contributed by atoms with Crippen LogP contribution in [0.25, 0.3) is 10.2 Å². The van der Waals surface area contributed by atoms with Gasteiger partial charge in [0.15, 0.2) is 5.13 Å². The van der Waals surface area contributed by atoms with Crippen LogP contribution in [-0.4, -0.2) is 48.0 Å². The number of nitrogens with zero attached hydrogens (tertiary/aromatic N) is 2. The summed E-state index contributed by atoms with van der Waals surface area (Å²) in [5, 5.41) is 3.86. The molecule has 0 spiro atoms. The van der Waals surface area contributed by atoms with Crippen molar-refractivity contribution in [2.75, 3.05) is 31.6 Å². The second-order valence-corrected chi connectivity index (χ2v) is 8.32. The lowest BCUT2D eigenvalue weighted by atomic mass is 10.2. The molecule has 1 heterocycles. The molecule has 0 aliphatic rings. The number of rotatable bonds is 8. The van der Waals surface area contributed by atoms with Crippen LogP contribution in [0.2, 0.25) is 10.0 Å². The van der Waals surface area contributed by atoms with Gasteiger partial charge in [-0.3, -0.25) is 10.1 Å². The Morgan fingerprint density at radius 2 is 1.90 bits per heavy atom. The van der Waals surface area contributed by atoms with E-state index < -0.39 is 0 Å². The molecule has 0 aliphatic heterocycles. The first-order valence-electron chi connectivity index (χ1n) is 9.47. The summed E-state index contributed by atoms with van der Waals surface area (Å²) < 4.78 is 6.14. The van der Waals surface area contributed by atoms with Crippen molar-refractivity contribution in [3.8, 4) is 0 Å². The van der Waals surface area contributed by atoms with E-state index in [2.05, 4.69) is 29.0 Å². The molecule has 2 aromatic carbocycles. The van der Waals surface area contributed by atoms with Crippen LogP contribution in [0.3, 0.4) is 0 Å². The largest absolute Gasteiger partial charge is 0.461 e. The van der Waals surface area contributed by atoms with Gasteiger partial charge in [-0.25, -0.2) is 9.78 Å². The van der Waals surface area contributed by atoms with E-state index in [0.29, 0.717) is 39.9 Å². The number of aromatic nitrogens is 1. The van der Waals surface area contributed by atoms with Crippen LogP contribution in [0.15, 0.2) is 36.4 Å². The highest BCUT2D eigenvalue weighted by molar-refractivity contribution is 7.22. The third-order valence-electron chi connectivity index (χ3n) is 4.56. The molecule has 3 aromatic rings. The normalized spacial score (nSPS) is 11.1. The number of thiazole rings is 1. The molecule has 0 bridgehead atoms. The maximum atomic E-state index is 12.5. The Kier molecular flexibility index (Phi) is 7.66. The fourth-order valence-corrected chi connectivity index (χ4v) is 4.23. The number of amides is 1. The summed E-state index contributed by atoms with van der Waals surface area (Å²) in [5.41, 5.74) is 1.43. The number of esters is 1. The minimum absolute atomic E-state index is 0.260. The molecule has 0 aliphatic carbocycles. The molecule has 0 saturated heterocycles. The van der Waals surface area contributed by atoms with Gasteiger partial charge in [0.25, 0.3) is 5.91 Å². The summed E-state index contributed by atoms with van der Waals surface area (Å²) in [5.74, 6) is -0.761. The molecule has 158 valence electrons. The average Bonchev–Trinajstić information content (AvgIpc) is 3.12. The zero-order valence-corrected chi connectivity index (χ0v) is 18.9. The molecule has 0 fully saturated rings. The van der Waals surface area contributed by atoms with E-state index in [1.807, 2.05) is 0 Å². The van der Waals surface area contributed by atoms with Gasteiger partial charge in [0.1, 0.15) is 6.61 Å². The second-order valence-electron chi connectivity index (χ2n) is 6.44. The van der Waals surface area contributed by atoms with Crippen LogP contribution in [0.1, 0.15) is 34.6 Å². The number of carbonyl (C=O) groups excluding carboxylic acids is 2. The van der Waals surface area contributed by atoms with Crippen molar-refractivity contribution in [3.63, 3.8) is 0 Å². The van der Waals surface area contributed by atoms with Crippen LogP contribution in [-0.2, 0) is 4.74 Å². The molecule has 1 N–H and O–H groups in total. The number of likely N-dealkylation sites (N-methyl/N-ethyl adjacent to an activating group) is 1. The molecule has 0 radical (unpaired) electrons. The fraction of sp³-hybridized carbons (Fsp3) is 0.286. The molecule has 9 heteroatoms. The third-order valence-corrected chi connectivity index (χ3v) is 6.04. The quantitative estimate of drug-likeness (QED) is 0.453. The monoisotopic (exact) mass is 465 g/mol. The summed E-state index contributed by atoms with van der Waals surface area (Å²) in [6.45, 7) is 7.00. The molecular weight excluding hydrogens is 445 g/mol. The predicted molar refractivity (Wildman–Crippen MR) is 122 cm³/mol. The number of ether oxygens (including phenoxy) is 1. The Bertz CT molecular complexity index is 1070. The Hall–Kier alpha value is -2.19. The van der Waals surface area contributed by atoms with Crippen LogP contribution in [0.5, 0.6) is 0 Å². The highest BCUT2D eigenvalue weighted by Crippen LogP contribution is 2.28. The van der Waals surface area contributed by atoms with Crippen molar-refractivity contribution in [2.24, 2.45) is 0 Å². The van der Waals surface area contributed by atoms with Crippen molar-refractivity contribution >= 4 is 61.8 Å². The number of hydrogen-bond donors (Lipinski definition) is 1. The van der Waals surface area contributed by atoms with E-state index in [9.17, 15) is 9.59 Å². The highest BCUT2D eigenvalue weighted by Gasteiger charge is 2.15. The number of hydrogen-bond acceptors (Lipinski definition) is 6. The summed E-state index contributed by atoms with van der Waals surface area (Å²) in [6.07, 6.45) is 0. The van der Waals surface area contributed by atoms with Crippen LogP contribution in [0.4, 0.5) is 5.13 Å². The van der Waals surface area contributed by atoms with E-state index in [1.165, 1.54) is 17.4 Å². The summed E-state index contributed by atoms with van der Waals surface area (Å²) in [6, 6.07) is 9.78. The van der Waals surface area contributed by atoms with Gasteiger partial charge in [-0.2, -0.15) is 0 Å². The van der Waals surface area contributed by atoms with Crippen LogP contribution < -0.4 is 5.32 Å². The Morgan fingerprint density at radius 1 is 1.13 bits per heavy atom. The van der Waals surface area contributed by atoms with Crippen molar-refractivity contribution in [3.05, 3.63) is 57.6 Å². The smallest absolute Gasteiger partial charge is 0.338 e. The minimum atomic E-state index is -0.383. The lowest BCUT2D eigenvalue weighted by molar-refractivity contribution is 0.0466. The first-order chi connectivity index (χ1) is 14.4. The first kappa shape index (κ1) is 22.5.